The average Bonchev–Trinajstić information content (AvgIpc) is 2.96. The monoisotopic (exact) mass is 307 g/mol. The summed E-state index contributed by atoms with van der Waals surface area (Å²) in [5.74, 6) is 1.63. The smallest absolute Gasteiger partial charge is 0.124 e. The molecule has 5 nitrogen and oxygen atoms in total. The van der Waals surface area contributed by atoms with Gasteiger partial charge in [0.25, 0.3) is 0 Å². The van der Waals surface area contributed by atoms with Crippen molar-refractivity contribution in [1.82, 2.24) is 14.9 Å². The molecule has 2 rings (SSSR count). The van der Waals surface area contributed by atoms with Crippen LogP contribution in [-0.4, -0.2) is 30.9 Å². The molecular formula is C15H21N3O2S. The van der Waals surface area contributed by atoms with Gasteiger partial charge in [-0.2, -0.15) is 0 Å². The number of nitrogens with one attached hydrogen (secondary N) is 1. The van der Waals surface area contributed by atoms with Gasteiger partial charge in [0.1, 0.15) is 11.5 Å². The van der Waals surface area contributed by atoms with Gasteiger partial charge in [-0.25, -0.2) is 0 Å². The number of aromatic nitrogens is 2. The van der Waals surface area contributed by atoms with E-state index >= 15 is 0 Å². The molecule has 0 aliphatic rings. The van der Waals surface area contributed by atoms with Crippen LogP contribution in [0.1, 0.15) is 35.5 Å². The molecule has 1 N–H and O–H groups in total. The van der Waals surface area contributed by atoms with Crippen LogP contribution in [0.2, 0.25) is 0 Å². The first-order chi connectivity index (χ1) is 10.2. The van der Waals surface area contributed by atoms with Crippen LogP contribution >= 0.6 is 11.5 Å². The predicted molar refractivity (Wildman–Crippen MR) is 84.4 cm³/mol. The molecule has 2 aromatic rings. The number of hydrogen-bond donors (Lipinski definition) is 1. The van der Waals surface area contributed by atoms with Gasteiger partial charge >= 0.3 is 0 Å². The number of methoxy groups -OCH3 is 2. The van der Waals surface area contributed by atoms with E-state index in [2.05, 4.69) is 21.8 Å². The highest BCUT2D eigenvalue weighted by molar-refractivity contribution is 7.05. The van der Waals surface area contributed by atoms with Crippen molar-refractivity contribution in [3.05, 3.63) is 34.3 Å². The first kappa shape index (κ1) is 15.7. The fourth-order valence-corrected chi connectivity index (χ4v) is 3.16. The van der Waals surface area contributed by atoms with Crippen molar-refractivity contribution in [1.29, 1.82) is 0 Å². The minimum absolute atomic E-state index is 0.00315. The summed E-state index contributed by atoms with van der Waals surface area (Å²) >= 11 is 1.43. The van der Waals surface area contributed by atoms with Gasteiger partial charge in [-0.05, 0) is 43.2 Å². The molecule has 0 fully saturated rings. The molecule has 1 aromatic heterocycles. The summed E-state index contributed by atoms with van der Waals surface area (Å²) in [5.41, 5.74) is 2.08. The van der Waals surface area contributed by atoms with Gasteiger partial charge in [0.2, 0.25) is 0 Å². The molecule has 0 saturated heterocycles. The van der Waals surface area contributed by atoms with E-state index in [1.807, 2.05) is 25.2 Å². The van der Waals surface area contributed by atoms with E-state index in [9.17, 15) is 0 Å². The zero-order chi connectivity index (χ0) is 15.2. The fraction of sp³-hybridized carbons (Fsp3) is 0.467. The summed E-state index contributed by atoms with van der Waals surface area (Å²) in [6.45, 7) is 2.14. The summed E-state index contributed by atoms with van der Waals surface area (Å²) in [7, 11) is 5.27. The molecular weight excluding hydrogens is 286 g/mol. The average molecular weight is 307 g/mol. The third kappa shape index (κ3) is 3.33. The van der Waals surface area contributed by atoms with Crippen molar-refractivity contribution in [2.45, 2.75) is 25.8 Å². The van der Waals surface area contributed by atoms with Gasteiger partial charge in [-0.3, -0.25) is 0 Å². The first-order valence-corrected chi connectivity index (χ1v) is 7.72. The largest absolute Gasteiger partial charge is 0.497 e. The minimum atomic E-state index is -0.00315. The van der Waals surface area contributed by atoms with Gasteiger partial charge < -0.3 is 14.8 Å². The van der Waals surface area contributed by atoms with E-state index in [0.29, 0.717) is 0 Å². The Morgan fingerprint density at radius 2 is 2.10 bits per heavy atom. The molecule has 114 valence electrons. The Balaban J connectivity index is 2.47. The SMILES string of the molecule is CCCc1nnsc1C(NC)c1cc(OC)ccc1OC. The van der Waals surface area contributed by atoms with Gasteiger partial charge in [0, 0.05) is 5.56 Å². The van der Waals surface area contributed by atoms with Crippen LogP contribution in [0.15, 0.2) is 18.2 Å². The minimum Gasteiger partial charge on any atom is -0.497 e. The predicted octanol–water partition coefficient (Wildman–Crippen LogP) is 2.82. The van der Waals surface area contributed by atoms with Gasteiger partial charge in [-0.1, -0.05) is 17.8 Å². The molecule has 0 aliphatic heterocycles. The fourth-order valence-electron chi connectivity index (χ4n) is 2.34. The normalized spacial score (nSPS) is 12.2. The van der Waals surface area contributed by atoms with E-state index in [1.165, 1.54) is 11.5 Å². The highest BCUT2D eigenvalue weighted by Crippen LogP contribution is 2.35. The zero-order valence-electron chi connectivity index (χ0n) is 12.8. The van der Waals surface area contributed by atoms with Gasteiger partial charge in [-0.15, -0.1) is 5.10 Å². The third-order valence-corrected chi connectivity index (χ3v) is 4.20. The van der Waals surface area contributed by atoms with Crippen LogP contribution < -0.4 is 14.8 Å². The standard InChI is InChI=1S/C15H21N3O2S/c1-5-6-12-15(21-18-17-12)14(16-2)11-9-10(19-3)7-8-13(11)20-4/h7-9,14,16H,5-6H2,1-4H3. The van der Waals surface area contributed by atoms with Crippen LogP contribution in [0.25, 0.3) is 0 Å². The summed E-state index contributed by atoms with van der Waals surface area (Å²) < 4.78 is 14.9. The number of benzene rings is 1. The van der Waals surface area contributed by atoms with Crippen molar-refractivity contribution < 1.29 is 9.47 Å². The second-order valence-electron chi connectivity index (χ2n) is 4.66. The molecule has 1 atom stereocenters. The van der Waals surface area contributed by atoms with E-state index in [4.69, 9.17) is 9.47 Å². The highest BCUT2D eigenvalue weighted by atomic mass is 32.1. The maximum Gasteiger partial charge on any atom is 0.124 e. The lowest BCUT2D eigenvalue weighted by atomic mass is 10.0. The molecule has 1 heterocycles. The van der Waals surface area contributed by atoms with Crippen molar-refractivity contribution >= 4 is 11.5 Å². The number of hydrogen-bond acceptors (Lipinski definition) is 6. The van der Waals surface area contributed by atoms with Crippen LogP contribution in [0, 0.1) is 0 Å². The molecule has 1 aromatic carbocycles. The number of ether oxygens (including phenoxy) is 2. The maximum absolute atomic E-state index is 5.49. The molecule has 1 unspecified atom stereocenters. The zero-order valence-corrected chi connectivity index (χ0v) is 13.7. The Morgan fingerprint density at radius 3 is 2.71 bits per heavy atom. The number of rotatable bonds is 7. The number of nitrogens with zero attached hydrogens (tertiary/aromatic N) is 2. The van der Waals surface area contributed by atoms with Gasteiger partial charge in [0.15, 0.2) is 0 Å². The molecule has 21 heavy (non-hydrogen) atoms. The van der Waals surface area contributed by atoms with Crippen LogP contribution in [0.5, 0.6) is 11.5 Å². The van der Waals surface area contributed by atoms with Crippen molar-refractivity contribution in [2.75, 3.05) is 21.3 Å². The second kappa shape index (κ2) is 7.38. The molecule has 6 heteroatoms. The lowest BCUT2D eigenvalue weighted by molar-refractivity contribution is 0.395. The lowest BCUT2D eigenvalue weighted by Gasteiger charge is -2.19. The summed E-state index contributed by atoms with van der Waals surface area (Å²) in [4.78, 5) is 1.13. The van der Waals surface area contributed by atoms with E-state index in [-0.39, 0.29) is 6.04 Å². The summed E-state index contributed by atoms with van der Waals surface area (Å²) in [6, 6.07) is 5.81. The molecule has 0 amide bonds. The van der Waals surface area contributed by atoms with Crippen LogP contribution in [0.4, 0.5) is 0 Å². The molecule has 0 aliphatic carbocycles. The molecule has 0 bridgehead atoms. The Bertz CT molecular complexity index is 586. The quantitative estimate of drug-likeness (QED) is 0.852. The van der Waals surface area contributed by atoms with E-state index in [1.54, 1.807) is 14.2 Å². The Labute approximate surface area is 129 Å². The van der Waals surface area contributed by atoms with Crippen LogP contribution in [-0.2, 0) is 6.42 Å². The van der Waals surface area contributed by atoms with Gasteiger partial charge in [0.05, 0.1) is 30.8 Å². The van der Waals surface area contributed by atoms with E-state index in [0.717, 1.165) is 40.5 Å². The Morgan fingerprint density at radius 1 is 1.29 bits per heavy atom. The Kier molecular flexibility index (Phi) is 5.52. The summed E-state index contributed by atoms with van der Waals surface area (Å²) in [6.07, 6.45) is 1.97. The van der Waals surface area contributed by atoms with E-state index < -0.39 is 0 Å². The number of aryl methyl sites for hydroxylation is 1. The maximum atomic E-state index is 5.49. The molecule has 0 spiro atoms. The summed E-state index contributed by atoms with van der Waals surface area (Å²) in [5, 5.41) is 7.60. The third-order valence-electron chi connectivity index (χ3n) is 3.37. The molecule has 0 saturated carbocycles. The Hall–Kier alpha value is -1.66. The van der Waals surface area contributed by atoms with Crippen molar-refractivity contribution in [2.24, 2.45) is 0 Å². The molecule has 0 radical (unpaired) electrons. The first-order valence-electron chi connectivity index (χ1n) is 6.95. The van der Waals surface area contributed by atoms with Crippen molar-refractivity contribution in [3.63, 3.8) is 0 Å². The second-order valence-corrected chi connectivity index (χ2v) is 5.45. The topological polar surface area (TPSA) is 56.3 Å². The lowest BCUT2D eigenvalue weighted by Crippen LogP contribution is -2.19. The van der Waals surface area contributed by atoms with Crippen molar-refractivity contribution in [3.8, 4) is 11.5 Å². The van der Waals surface area contributed by atoms with Crippen LogP contribution in [0.3, 0.4) is 0 Å². The highest BCUT2D eigenvalue weighted by Gasteiger charge is 2.23.